The van der Waals surface area contributed by atoms with Crippen LogP contribution < -0.4 is 5.14 Å². The molecule has 0 saturated carbocycles. The fourth-order valence-corrected chi connectivity index (χ4v) is 3.86. The Hall–Kier alpha value is -1.44. The van der Waals surface area contributed by atoms with Crippen LogP contribution in [0.5, 0.6) is 0 Å². The van der Waals surface area contributed by atoms with Crippen molar-refractivity contribution in [1.29, 1.82) is 0 Å². The second kappa shape index (κ2) is 4.54. The number of nitrogens with two attached hydrogens (primary N) is 1. The first-order valence-corrected chi connectivity index (χ1v) is 8.06. The molecular weight excluding hydrogens is 280 g/mol. The van der Waals surface area contributed by atoms with E-state index in [9.17, 15) is 18.3 Å². The molecule has 20 heavy (non-hydrogen) atoms. The van der Waals surface area contributed by atoms with Gasteiger partial charge in [0.1, 0.15) is 5.25 Å². The van der Waals surface area contributed by atoms with E-state index in [4.69, 9.17) is 5.14 Å². The molecule has 0 bridgehead atoms. The largest absolute Gasteiger partial charge is 0.390 e. The van der Waals surface area contributed by atoms with E-state index in [1.807, 2.05) is 24.3 Å². The van der Waals surface area contributed by atoms with Crippen molar-refractivity contribution in [2.75, 3.05) is 6.54 Å². The number of benzene rings is 1. The molecular formula is C13H16N2O4S. The Morgan fingerprint density at radius 3 is 2.60 bits per heavy atom. The van der Waals surface area contributed by atoms with Gasteiger partial charge in [-0.05, 0) is 11.1 Å². The number of likely N-dealkylation sites (tertiary alicyclic amines) is 1. The average molecular weight is 296 g/mol. The van der Waals surface area contributed by atoms with E-state index in [0.717, 1.165) is 11.1 Å². The predicted octanol–water partition coefficient (Wildman–Crippen LogP) is -0.466. The van der Waals surface area contributed by atoms with E-state index >= 15 is 0 Å². The fourth-order valence-electron chi connectivity index (χ4n) is 3.11. The molecule has 0 aromatic heterocycles. The normalized spacial score (nSPS) is 29.8. The van der Waals surface area contributed by atoms with Crippen LogP contribution in [-0.4, -0.2) is 42.2 Å². The van der Waals surface area contributed by atoms with E-state index in [0.29, 0.717) is 6.42 Å². The lowest BCUT2D eigenvalue weighted by atomic mass is 10.1. The van der Waals surface area contributed by atoms with Gasteiger partial charge in [0.15, 0.2) is 0 Å². The molecule has 1 fully saturated rings. The summed E-state index contributed by atoms with van der Waals surface area (Å²) in [6, 6.07) is 7.05. The quantitative estimate of drug-likeness (QED) is 0.770. The smallest absolute Gasteiger partial charge is 0.224 e. The Bertz CT molecular complexity index is 658. The number of carbonyl (C=O) groups is 1. The summed E-state index contributed by atoms with van der Waals surface area (Å²) < 4.78 is 22.8. The van der Waals surface area contributed by atoms with Crippen LogP contribution >= 0.6 is 0 Å². The molecule has 6 nitrogen and oxygen atoms in total. The zero-order valence-corrected chi connectivity index (χ0v) is 11.6. The molecule has 1 amide bonds. The highest BCUT2D eigenvalue weighted by molar-refractivity contribution is 7.89. The number of sulfonamides is 1. The van der Waals surface area contributed by atoms with Gasteiger partial charge in [-0.15, -0.1) is 0 Å². The van der Waals surface area contributed by atoms with E-state index in [-0.39, 0.29) is 18.9 Å². The molecule has 3 N–H and O–H groups in total. The third-order valence-corrected chi connectivity index (χ3v) is 5.34. The van der Waals surface area contributed by atoms with Gasteiger partial charge in [0.25, 0.3) is 0 Å². The Balaban J connectivity index is 1.93. The SMILES string of the molecule is NS(=O)(=O)C1CC(=O)N([C@@H]2c3ccccc3C[C@@H]2O)C1. The van der Waals surface area contributed by atoms with Crippen molar-refractivity contribution in [2.24, 2.45) is 5.14 Å². The Labute approximate surface area is 117 Å². The second-order valence-electron chi connectivity index (χ2n) is 5.38. The molecule has 0 spiro atoms. The van der Waals surface area contributed by atoms with E-state index in [1.54, 1.807) is 0 Å². The number of fused-ring (bicyclic) bond motifs is 1. The zero-order chi connectivity index (χ0) is 14.5. The highest BCUT2D eigenvalue weighted by Crippen LogP contribution is 2.38. The fraction of sp³-hybridized carbons (Fsp3) is 0.462. The van der Waals surface area contributed by atoms with Crippen LogP contribution in [0, 0.1) is 0 Å². The number of amides is 1. The summed E-state index contributed by atoms with van der Waals surface area (Å²) in [5.41, 5.74) is 1.89. The van der Waals surface area contributed by atoms with Crippen molar-refractivity contribution in [2.45, 2.75) is 30.2 Å². The van der Waals surface area contributed by atoms with E-state index in [1.165, 1.54) is 4.90 Å². The molecule has 7 heteroatoms. The van der Waals surface area contributed by atoms with E-state index < -0.39 is 27.4 Å². The minimum atomic E-state index is -3.74. The number of nitrogens with zero attached hydrogens (tertiary/aromatic N) is 1. The number of rotatable bonds is 2. The van der Waals surface area contributed by atoms with Gasteiger partial charge in [-0.1, -0.05) is 24.3 Å². The van der Waals surface area contributed by atoms with Crippen LogP contribution in [0.1, 0.15) is 23.6 Å². The summed E-state index contributed by atoms with van der Waals surface area (Å²) in [7, 11) is -3.74. The highest BCUT2D eigenvalue weighted by Gasteiger charge is 2.44. The summed E-state index contributed by atoms with van der Waals surface area (Å²) in [6.07, 6.45) is -0.329. The molecule has 1 unspecified atom stereocenters. The second-order valence-corrected chi connectivity index (χ2v) is 7.22. The van der Waals surface area contributed by atoms with Crippen molar-refractivity contribution in [3.63, 3.8) is 0 Å². The van der Waals surface area contributed by atoms with Gasteiger partial charge in [-0.3, -0.25) is 4.79 Å². The maximum atomic E-state index is 12.1. The molecule has 1 aromatic rings. The Morgan fingerprint density at radius 1 is 1.25 bits per heavy atom. The number of hydrogen-bond acceptors (Lipinski definition) is 4. The third-order valence-electron chi connectivity index (χ3n) is 4.09. The standard InChI is InChI=1S/C13H16N2O4S/c14-20(18,19)9-6-12(17)15(7-9)13-10-4-2-1-3-8(10)5-11(13)16/h1-4,9,11,13,16H,5-7H2,(H2,14,18,19)/t9?,11-,13+/m0/s1. The van der Waals surface area contributed by atoms with E-state index in [2.05, 4.69) is 0 Å². The number of aliphatic hydroxyl groups is 1. The minimum absolute atomic E-state index is 0.0493. The van der Waals surface area contributed by atoms with Crippen molar-refractivity contribution in [3.8, 4) is 0 Å². The number of primary sulfonamides is 1. The van der Waals surface area contributed by atoms with Crippen LogP contribution in [0.2, 0.25) is 0 Å². The summed E-state index contributed by atoms with van der Waals surface area (Å²) in [5, 5.41) is 14.4. The lowest BCUT2D eigenvalue weighted by molar-refractivity contribution is -0.131. The molecule has 1 saturated heterocycles. The average Bonchev–Trinajstić information content (AvgIpc) is 2.88. The molecule has 1 aliphatic carbocycles. The first kappa shape index (κ1) is 13.5. The molecule has 1 aliphatic heterocycles. The van der Waals surface area contributed by atoms with Gasteiger partial charge in [0.2, 0.25) is 15.9 Å². The predicted molar refractivity (Wildman–Crippen MR) is 72.1 cm³/mol. The van der Waals surface area contributed by atoms with Gasteiger partial charge >= 0.3 is 0 Å². The number of aliphatic hydroxyl groups excluding tert-OH is 1. The maximum Gasteiger partial charge on any atom is 0.224 e. The Morgan fingerprint density at radius 2 is 1.95 bits per heavy atom. The maximum absolute atomic E-state index is 12.1. The van der Waals surface area contributed by atoms with Gasteiger partial charge in [0.05, 0.1) is 12.1 Å². The molecule has 3 atom stereocenters. The molecule has 1 aromatic carbocycles. The summed E-state index contributed by atoms with van der Waals surface area (Å²) in [4.78, 5) is 13.5. The lowest BCUT2D eigenvalue weighted by Crippen LogP contribution is -2.37. The summed E-state index contributed by atoms with van der Waals surface area (Å²) in [5.74, 6) is -0.273. The van der Waals surface area contributed by atoms with Gasteiger partial charge < -0.3 is 10.0 Å². The minimum Gasteiger partial charge on any atom is -0.390 e. The topological polar surface area (TPSA) is 101 Å². The zero-order valence-electron chi connectivity index (χ0n) is 10.8. The lowest BCUT2D eigenvalue weighted by Gasteiger charge is -2.27. The van der Waals surface area contributed by atoms with Crippen LogP contribution in [0.3, 0.4) is 0 Å². The number of carbonyl (C=O) groups excluding carboxylic acids is 1. The molecule has 1 heterocycles. The van der Waals surface area contributed by atoms with Gasteiger partial charge in [0, 0.05) is 19.4 Å². The molecule has 2 aliphatic rings. The summed E-state index contributed by atoms with van der Waals surface area (Å²) in [6.45, 7) is 0.0493. The van der Waals surface area contributed by atoms with Crippen LogP contribution in [0.25, 0.3) is 0 Å². The number of hydrogen-bond donors (Lipinski definition) is 2. The van der Waals surface area contributed by atoms with Crippen molar-refractivity contribution < 1.29 is 18.3 Å². The van der Waals surface area contributed by atoms with Crippen LogP contribution in [0.15, 0.2) is 24.3 Å². The summed E-state index contributed by atoms with van der Waals surface area (Å²) >= 11 is 0. The third kappa shape index (κ3) is 2.11. The van der Waals surface area contributed by atoms with Crippen LogP contribution in [-0.2, 0) is 21.2 Å². The monoisotopic (exact) mass is 296 g/mol. The highest BCUT2D eigenvalue weighted by atomic mass is 32.2. The van der Waals surface area contributed by atoms with Gasteiger partial charge in [-0.25, -0.2) is 13.6 Å². The molecule has 3 rings (SSSR count). The van der Waals surface area contributed by atoms with Crippen molar-refractivity contribution in [1.82, 2.24) is 4.90 Å². The van der Waals surface area contributed by atoms with Crippen molar-refractivity contribution in [3.05, 3.63) is 35.4 Å². The molecule has 0 radical (unpaired) electrons. The van der Waals surface area contributed by atoms with Gasteiger partial charge in [-0.2, -0.15) is 0 Å². The van der Waals surface area contributed by atoms with Crippen molar-refractivity contribution >= 4 is 15.9 Å². The van der Waals surface area contributed by atoms with Crippen LogP contribution in [0.4, 0.5) is 0 Å². The molecule has 108 valence electrons. The Kier molecular flexibility index (Phi) is 3.07. The first-order valence-electron chi connectivity index (χ1n) is 6.45. The first-order chi connectivity index (χ1) is 9.38.